The smallest absolute Gasteiger partial charge is 0.319 e. The number of fused-ring (bicyclic) bond motifs is 1. The third-order valence-corrected chi connectivity index (χ3v) is 4.62. The molecule has 0 saturated carbocycles. The van der Waals surface area contributed by atoms with E-state index in [2.05, 4.69) is 41.1 Å². The van der Waals surface area contributed by atoms with E-state index in [0.717, 1.165) is 27.5 Å². The van der Waals surface area contributed by atoms with E-state index in [1.54, 1.807) is 17.3 Å². The summed E-state index contributed by atoms with van der Waals surface area (Å²) in [6.45, 7) is 0.367. The molecular formula is C25H19N3O. The van der Waals surface area contributed by atoms with Crippen LogP contribution in [0.1, 0.15) is 16.7 Å². The number of amides is 2. The van der Waals surface area contributed by atoms with Gasteiger partial charge in [0.1, 0.15) is 0 Å². The normalized spacial score (nSPS) is 10.2. The fraction of sp³-hybridized carbons (Fsp3) is 0.0400. The Morgan fingerprint density at radius 2 is 1.69 bits per heavy atom. The molecule has 0 spiro atoms. The first-order valence-corrected chi connectivity index (χ1v) is 9.26. The minimum atomic E-state index is -0.520. The molecule has 0 aliphatic carbocycles. The van der Waals surface area contributed by atoms with Crippen LogP contribution in [0.15, 0.2) is 91.3 Å². The van der Waals surface area contributed by atoms with Crippen molar-refractivity contribution in [2.75, 3.05) is 4.90 Å². The molecule has 1 heterocycles. The minimum absolute atomic E-state index is 0.367. The Labute approximate surface area is 169 Å². The molecule has 4 aromatic rings. The Hall–Kier alpha value is -4.10. The second kappa shape index (κ2) is 8.28. The van der Waals surface area contributed by atoms with Crippen LogP contribution in [-0.4, -0.2) is 11.0 Å². The number of para-hydroxylation sites is 1. The van der Waals surface area contributed by atoms with Crippen molar-refractivity contribution in [3.63, 3.8) is 0 Å². The third-order valence-electron chi connectivity index (χ3n) is 4.62. The van der Waals surface area contributed by atoms with Crippen LogP contribution in [0, 0.1) is 11.8 Å². The summed E-state index contributed by atoms with van der Waals surface area (Å²) in [4.78, 5) is 17.9. The Balaban J connectivity index is 1.68. The standard InChI is InChI=1S/C25H19N3O/c26-25(29)28(18-20-12-13-21-7-1-2-9-23(21)16-20)24-10-4-3-8-22(24)14-11-19-6-5-15-27-17-19/h1-10,12-13,15-17H,18H2,(H2,26,29). The molecule has 0 saturated heterocycles. The van der Waals surface area contributed by atoms with Gasteiger partial charge in [-0.05, 0) is 46.7 Å². The summed E-state index contributed by atoms with van der Waals surface area (Å²) in [5.41, 5.74) is 8.96. The van der Waals surface area contributed by atoms with E-state index in [1.165, 1.54) is 0 Å². The molecule has 0 aliphatic rings. The molecule has 1 aromatic heterocycles. The van der Waals surface area contributed by atoms with Gasteiger partial charge < -0.3 is 5.73 Å². The number of nitrogens with two attached hydrogens (primary N) is 1. The van der Waals surface area contributed by atoms with Crippen molar-refractivity contribution in [2.45, 2.75) is 6.54 Å². The second-order valence-electron chi connectivity index (χ2n) is 6.61. The maximum Gasteiger partial charge on any atom is 0.319 e. The highest BCUT2D eigenvalue weighted by molar-refractivity contribution is 5.92. The quantitative estimate of drug-likeness (QED) is 0.525. The van der Waals surface area contributed by atoms with Gasteiger partial charge in [0.2, 0.25) is 0 Å². The van der Waals surface area contributed by atoms with Crippen LogP contribution in [0.2, 0.25) is 0 Å². The van der Waals surface area contributed by atoms with Crippen LogP contribution < -0.4 is 10.6 Å². The van der Waals surface area contributed by atoms with Gasteiger partial charge in [0.15, 0.2) is 0 Å². The van der Waals surface area contributed by atoms with Crippen molar-refractivity contribution in [3.8, 4) is 11.8 Å². The summed E-state index contributed by atoms with van der Waals surface area (Å²) in [6, 6.07) is 25.0. The fourth-order valence-corrected chi connectivity index (χ4v) is 3.19. The molecule has 4 rings (SSSR count). The molecule has 2 N–H and O–H groups in total. The number of urea groups is 1. The van der Waals surface area contributed by atoms with E-state index in [0.29, 0.717) is 12.2 Å². The molecule has 3 aromatic carbocycles. The van der Waals surface area contributed by atoms with Crippen molar-refractivity contribution < 1.29 is 4.79 Å². The number of nitrogens with zero attached hydrogens (tertiary/aromatic N) is 2. The number of anilines is 1. The SMILES string of the molecule is NC(=O)N(Cc1ccc2ccccc2c1)c1ccccc1C#Cc1cccnc1. The van der Waals surface area contributed by atoms with E-state index in [4.69, 9.17) is 5.73 Å². The summed E-state index contributed by atoms with van der Waals surface area (Å²) in [5.74, 6) is 6.23. The van der Waals surface area contributed by atoms with Gasteiger partial charge in [-0.1, -0.05) is 60.4 Å². The Kier molecular flexibility index (Phi) is 5.22. The maximum atomic E-state index is 12.3. The van der Waals surface area contributed by atoms with Gasteiger partial charge in [0.05, 0.1) is 12.2 Å². The maximum absolute atomic E-state index is 12.3. The number of benzene rings is 3. The van der Waals surface area contributed by atoms with Gasteiger partial charge in [-0.3, -0.25) is 9.88 Å². The number of carbonyl (C=O) groups is 1. The zero-order chi connectivity index (χ0) is 20.1. The number of carbonyl (C=O) groups excluding carboxylic acids is 1. The lowest BCUT2D eigenvalue weighted by molar-refractivity contribution is 0.253. The molecule has 0 atom stereocenters. The predicted octanol–water partition coefficient (Wildman–Crippen LogP) is 4.72. The number of pyridine rings is 1. The highest BCUT2D eigenvalue weighted by Crippen LogP contribution is 2.23. The molecule has 4 nitrogen and oxygen atoms in total. The van der Waals surface area contributed by atoms with E-state index >= 15 is 0 Å². The highest BCUT2D eigenvalue weighted by Gasteiger charge is 2.16. The van der Waals surface area contributed by atoms with Gasteiger partial charge in [0.25, 0.3) is 0 Å². The Morgan fingerprint density at radius 1 is 0.897 bits per heavy atom. The topological polar surface area (TPSA) is 59.2 Å². The second-order valence-corrected chi connectivity index (χ2v) is 6.61. The zero-order valence-corrected chi connectivity index (χ0v) is 15.7. The molecule has 0 bridgehead atoms. The van der Waals surface area contributed by atoms with Gasteiger partial charge in [-0.25, -0.2) is 4.79 Å². The Morgan fingerprint density at radius 3 is 2.48 bits per heavy atom. The molecule has 0 unspecified atom stereocenters. The van der Waals surface area contributed by atoms with Crippen LogP contribution in [0.5, 0.6) is 0 Å². The molecular weight excluding hydrogens is 358 g/mol. The van der Waals surface area contributed by atoms with Gasteiger partial charge in [-0.15, -0.1) is 0 Å². The largest absolute Gasteiger partial charge is 0.351 e. The monoisotopic (exact) mass is 377 g/mol. The summed E-state index contributed by atoms with van der Waals surface area (Å²) < 4.78 is 0. The van der Waals surface area contributed by atoms with Crippen molar-refractivity contribution in [1.82, 2.24) is 4.98 Å². The number of aromatic nitrogens is 1. The minimum Gasteiger partial charge on any atom is -0.351 e. The Bertz CT molecular complexity index is 1220. The molecule has 0 radical (unpaired) electrons. The molecule has 2 amide bonds. The average Bonchev–Trinajstić information content (AvgIpc) is 2.77. The van der Waals surface area contributed by atoms with Crippen molar-refractivity contribution in [1.29, 1.82) is 0 Å². The van der Waals surface area contributed by atoms with Crippen LogP contribution in [0.4, 0.5) is 10.5 Å². The van der Waals surface area contributed by atoms with Gasteiger partial charge >= 0.3 is 6.03 Å². The molecule has 140 valence electrons. The highest BCUT2D eigenvalue weighted by atomic mass is 16.2. The van der Waals surface area contributed by atoms with E-state index in [1.807, 2.05) is 54.6 Å². The van der Waals surface area contributed by atoms with Crippen LogP contribution >= 0.6 is 0 Å². The number of primary amides is 1. The van der Waals surface area contributed by atoms with Crippen LogP contribution in [0.25, 0.3) is 10.8 Å². The first kappa shape index (κ1) is 18.3. The third kappa shape index (κ3) is 4.26. The summed E-state index contributed by atoms with van der Waals surface area (Å²) in [5, 5.41) is 2.28. The van der Waals surface area contributed by atoms with E-state index < -0.39 is 6.03 Å². The van der Waals surface area contributed by atoms with Gasteiger partial charge in [0, 0.05) is 23.5 Å². The fourth-order valence-electron chi connectivity index (χ4n) is 3.19. The summed E-state index contributed by atoms with van der Waals surface area (Å²) in [6.07, 6.45) is 3.41. The zero-order valence-electron chi connectivity index (χ0n) is 15.7. The predicted molar refractivity (Wildman–Crippen MR) is 116 cm³/mol. The molecule has 4 heteroatoms. The van der Waals surface area contributed by atoms with Crippen molar-refractivity contribution in [2.24, 2.45) is 5.73 Å². The average molecular weight is 377 g/mol. The lowest BCUT2D eigenvalue weighted by Gasteiger charge is -2.22. The first-order valence-electron chi connectivity index (χ1n) is 9.26. The van der Waals surface area contributed by atoms with Gasteiger partial charge in [-0.2, -0.15) is 0 Å². The molecule has 29 heavy (non-hydrogen) atoms. The lowest BCUT2D eigenvalue weighted by Crippen LogP contribution is -2.35. The van der Waals surface area contributed by atoms with E-state index in [9.17, 15) is 4.79 Å². The van der Waals surface area contributed by atoms with E-state index in [-0.39, 0.29) is 0 Å². The van der Waals surface area contributed by atoms with Crippen molar-refractivity contribution in [3.05, 3.63) is 108 Å². The number of rotatable bonds is 3. The lowest BCUT2D eigenvalue weighted by atomic mass is 10.1. The van der Waals surface area contributed by atoms with Crippen LogP contribution in [0.3, 0.4) is 0 Å². The molecule has 0 fully saturated rings. The summed E-state index contributed by atoms with van der Waals surface area (Å²) in [7, 11) is 0. The summed E-state index contributed by atoms with van der Waals surface area (Å²) >= 11 is 0. The number of hydrogen-bond donors (Lipinski definition) is 1. The first-order chi connectivity index (χ1) is 14.2. The van der Waals surface area contributed by atoms with Crippen LogP contribution in [-0.2, 0) is 6.54 Å². The van der Waals surface area contributed by atoms with Crippen molar-refractivity contribution >= 4 is 22.5 Å². The number of hydrogen-bond acceptors (Lipinski definition) is 2. The molecule has 0 aliphatic heterocycles.